The molecule has 0 saturated carbocycles. The summed E-state index contributed by atoms with van der Waals surface area (Å²) in [5.74, 6) is 0.426. The molecule has 0 aliphatic carbocycles. The highest BCUT2D eigenvalue weighted by Gasteiger charge is 2.10. The summed E-state index contributed by atoms with van der Waals surface area (Å²) in [5.41, 5.74) is 1.73. The summed E-state index contributed by atoms with van der Waals surface area (Å²) in [7, 11) is 0. The highest BCUT2D eigenvalue weighted by atomic mass is 32.2. The first-order chi connectivity index (χ1) is 13.7. The number of carbonyl (C=O) groups is 1. The van der Waals surface area contributed by atoms with E-state index in [-0.39, 0.29) is 11.5 Å². The first-order valence-electron chi connectivity index (χ1n) is 8.43. The number of hydrogen-bond acceptors (Lipinski definition) is 8. The maximum atomic E-state index is 12.1. The molecule has 4 aromatic rings. The van der Waals surface area contributed by atoms with Crippen molar-refractivity contribution in [1.29, 1.82) is 0 Å². The Labute approximate surface area is 172 Å². The molecule has 1 amide bonds. The second-order valence-corrected chi connectivity index (χ2v) is 8.91. The quantitative estimate of drug-likeness (QED) is 0.357. The van der Waals surface area contributed by atoms with Gasteiger partial charge in [-0.05, 0) is 12.0 Å². The Bertz CT molecular complexity index is 1150. The molecule has 0 aliphatic heterocycles. The first-order valence-corrected chi connectivity index (χ1v) is 11.1. The Morgan fingerprint density at radius 2 is 2.07 bits per heavy atom. The van der Waals surface area contributed by atoms with Crippen molar-refractivity contribution in [2.24, 2.45) is 0 Å². The molecular weight excluding hydrogens is 414 g/mol. The van der Waals surface area contributed by atoms with Crippen LogP contribution in [-0.2, 0) is 17.0 Å². The number of thiazole rings is 1. The van der Waals surface area contributed by atoms with Gasteiger partial charge in [-0.15, -0.1) is 21.5 Å². The van der Waals surface area contributed by atoms with E-state index in [1.54, 1.807) is 6.20 Å². The lowest BCUT2D eigenvalue weighted by atomic mass is 10.1. The van der Waals surface area contributed by atoms with E-state index in [0.29, 0.717) is 38.7 Å². The van der Waals surface area contributed by atoms with Crippen LogP contribution >= 0.6 is 34.4 Å². The number of hydrogen-bond donors (Lipinski definition) is 1. The van der Waals surface area contributed by atoms with Crippen LogP contribution in [0.5, 0.6) is 0 Å². The van der Waals surface area contributed by atoms with E-state index in [1.807, 2.05) is 35.7 Å². The number of aromatic nitrogens is 4. The molecule has 3 aromatic heterocycles. The lowest BCUT2D eigenvalue weighted by Gasteiger charge is -2.01. The number of carbonyl (C=O) groups excluding carboxylic acids is 1. The standard InChI is InChI=1S/C18H15N5O2S3/c24-14(7-6-12-4-2-1-3-5-12)20-16-21-22-18(28-16)27-11-13-10-15(25)23-8-9-26-17(23)19-13/h1-5,8-10H,6-7,11H2,(H,20,21,24). The van der Waals surface area contributed by atoms with Crippen molar-refractivity contribution in [3.05, 3.63) is 69.6 Å². The number of anilines is 1. The molecule has 4 rings (SSSR count). The molecule has 0 atom stereocenters. The van der Waals surface area contributed by atoms with Gasteiger partial charge in [0.15, 0.2) is 9.30 Å². The van der Waals surface area contributed by atoms with Gasteiger partial charge >= 0.3 is 0 Å². The van der Waals surface area contributed by atoms with Gasteiger partial charge in [-0.2, -0.15) is 0 Å². The number of thioether (sulfide) groups is 1. The summed E-state index contributed by atoms with van der Waals surface area (Å²) >= 11 is 4.17. The number of nitrogens with one attached hydrogen (secondary N) is 1. The predicted octanol–water partition coefficient (Wildman–Crippen LogP) is 3.47. The minimum atomic E-state index is -0.0921. The van der Waals surface area contributed by atoms with Crippen molar-refractivity contribution in [3.8, 4) is 0 Å². The lowest BCUT2D eigenvalue weighted by Crippen LogP contribution is -2.12. The molecule has 0 spiro atoms. The molecule has 0 fully saturated rings. The van der Waals surface area contributed by atoms with Crippen LogP contribution in [-0.4, -0.2) is 25.5 Å². The molecule has 10 heteroatoms. The van der Waals surface area contributed by atoms with Gasteiger partial charge in [-0.1, -0.05) is 53.4 Å². The van der Waals surface area contributed by atoms with Gasteiger partial charge < -0.3 is 5.32 Å². The summed E-state index contributed by atoms with van der Waals surface area (Å²) in [4.78, 5) is 29.2. The van der Waals surface area contributed by atoms with Crippen LogP contribution in [0.3, 0.4) is 0 Å². The minimum absolute atomic E-state index is 0.0885. The van der Waals surface area contributed by atoms with Crippen molar-refractivity contribution in [2.45, 2.75) is 22.9 Å². The lowest BCUT2D eigenvalue weighted by molar-refractivity contribution is -0.116. The number of rotatable bonds is 7. The maximum Gasteiger partial charge on any atom is 0.258 e. The van der Waals surface area contributed by atoms with Gasteiger partial charge in [0.2, 0.25) is 11.0 Å². The molecule has 1 aromatic carbocycles. The van der Waals surface area contributed by atoms with E-state index in [1.165, 1.54) is 44.9 Å². The van der Waals surface area contributed by atoms with Crippen LogP contribution in [0.25, 0.3) is 4.96 Å². The molecule has 0 saturated heterocycles. The SMILES string of the molecule is O=C(CCc1ccccc1)Nc1nnc(SCc2cc(=O)n3ccsc3n2)s1. The van der Waals surface area contributed by atoms with E-state index in [9.17, 15) is 9.59 Å². The summed E-state index contributed by atoms with van der Waals surface area (Å²) in [5, 5.41) is 13.2. The normalized spacial score (nSPS) is 11.0. The third-order valence-corrected chi connectivity index (χ3v) is 6.60. The summed E-state index contributed by atoms with van der Waals surface area (Å²) in [6.07, 6.45) is 2.78. The first kappa shape index (κ1) is 18.8. The highest BCUT2D eigenvalue weighted by Crippen LogP contribution is 2.28. The van der Waals surface area contributed by atoms with Crippen molar-refractivity contribution in [3.63, 3.8) is 0 Å². The largest absolute Gasteiger partial charge is 0.300 e. The molecule has 28 heavy (non-hydrogen) atoms. The molecule has 1 N–H and O–H groups in total. The molecule has 7 nitrogen and oxygen atoms in total. The number of fused-ring (bicyclic) bond motifs is 1. The number of amides is 1. The zero-order valence-corrected chi connectivity index (χ0v) is 17.0. The van der Waals surface area contributed by atoms with E-state index >= 15 is 0 Å². The number of benzene rings is 1. The summed E-state index contributed by atoms with van der Waals surface area (Å²) < 4.78 is 2.24. The highest BCUT2D eigenvalue weighted by molar-refractivity contribution is 8.00. The number of aryl methyl sites for hydroxylation is 1. The molecule has 3 heterocycles. The predicted molar refractivity (Wildman–Crippen MR) is 112 cm³/mol. The zero-order valence-electron chi connectivity index (χ0n) is 14.6. The van der Waals surface area contributed by atoms with Gasteiger partial charge in [-0.25, -0.2) is 4.98 Å². The molecule has 0 radical (unpaired) electrons. The molecule has 0 unspecified atom stereocenters. The summed E-state index contributed by atoms with van der Waals surface area (Å²) in [6, 6.07) is 11.4. The number of nitrogens with zero attached hydrogens (tertiary/aromatic N) is 4. The van der Waals surface area contributed by atoms with Crippen LogP contribution in [0.2, 0.25) is 0 Å². The van der Waals surface area contributed by atoms with Crippen molar-refractivity contribution in [2.75, 3.05) is 5.32 Å². The Morgan fingerprint density at radius 1 is 1.21 bits per heavy atom. The van der Waals surface area contributed by atoms with Crippen LogP contribution in [0, 0.1) is 0 Å². The topological polar surface area (TPSA) is 89.2 Å². The van der Waals surface area contributed by atoms with Crippen LogP contribution < -0.4 is 10.9 Å². The Morgan fingerprint density at radius 3 is 2.93 bits per heavy atom. The zero-order chi connectivity index (χ0) is 19.3. The molecule has 142 valence electrons. The Balaban J connectivity index is 1.31. The smallest absolute Gasteiger partial charge is 0.258 e. The van der Waals surface area contributed by atoms with E-state index < -0.39 is 0 Å². The summed E-state index contributed by atoms with van der Waals surface area (Å²) in [6.45, 7) is 0. The minimum Gasteiger partial charge on any atom is -0.300 e. The average Bonchev–Trinajstić information content (AvgIpc) is 3.35. The van der Waals surface area contributed by atoms with E-state index in [4.69, 9.17) is 0 Å². The van der Waals surface area contributed by atoms with Crippen molar-refractivity contribution < 1.29 is 4.79 Å². The van der Waals surface area contributed by atoms with Crippen LogP contribution in [0.15, 0.2) is 57.1 Å². The fraction of sp³-hybridized carbons (Fsp3) is 0.167. The van der Waals surface area contributed by atoms with Gasteiger partial charge in [0.25, 0.3) is 5.56 Å². The second kappa shape index (κ2) is 8.63. The van der Waals surface area contributed by atoms with Crippen LogP contribution in [0.4, 0.5) is 5.13 Å². The van der Waals surface area contributed by atoms with Gasteiger partial charge in [0.05, 0.1) is 5.69 Å². The average molecular weight is 430 g/mol. The molecular formula is C18H15N5O2S3. The monoisotopic (exact) mass is 429 g/mol. The molecule has 0 bridgehead atoms. The van der Waals surface area contributed by atoms with Crippen molar-refractivity contribution in [1.82, 2.24) is 19.6 Å². The van der Waals surface area contributed by atoms with E-state index in [0.717, 1.165) is 5.56 Å². The second-order valence-electron chi connectivity index (χ2n) is 5.84. The Hall–Kier alpha value is -2.56. The fourth-order valence-corrected chi connectivity index (χ4v) is 4.90. The van der Waals surface area contributed by atoms with Gasteiger partial charge in [0, 0.05) is 29.8 Å². The van der Waals surface area contributed by atoms with Gasteiger partial charge in [0.1, 0.15) is 0 Å². The van der Waals surface area contributed by atoms with E-state index in [2.05, 4.69) is 20.5 Å². The van der Waals surface area contributed by atoms with Crippen LogP contribution in [0.1, 0.15) is 17.7 Å². The Kier molecular flexibility index (Phi) is 5.79. The van der Waals surface area contributed by atoms with Gasteiger partial charge in [-0.3, -0.25) is 14.0 Å². The fourth-order valence-electron chi connectivity index (χ4n) is 2.50. The molecule has 0 aliphatic rings. The third kappa shape index (κ3) is 4.64. The van der Waals surface area contributed by atoms with Crippen molar-refractivity contribution >= 4 is 50.4 Å². The third-order valence-electron chi connectivity index (χ3n) is 3.84. The maximum absolute atomic E-state index is 12.1.